The molecular weight excluding hydrogens is 280 g/mol. The van der Waals surface area contributed by atoms with E-state index in [0.29, 0.717) is 25.7 Å². The van der Waals surface area contributed by atoms with E-state index in [-0.39, 0.29) is 6.42 Å². The topological polar surface area (TPSA) is 120 Å². The maximum Gasteiger partial charge on any atom is 0.246 e. The van der Waals surface area contributed by atoms with Crippen molar-refractivity contribution in [1.82, 2.24) is 0 Å². The van der Waals surface area contributed by atoms with Crippen LogP contribution in [0.2, 0.25) is 0 Å². The van der Waals surface area contributed by atoms with E-state index >= 15 is 0 Å². The van der Waals surface area contributed by atoms with Crippen LogP contribution in [0.15, 0.2) is 0 Å². The first-order valence-electron chi connectivity index (χ1n) is 6.99. The Morgan fingerprint density at radius 1 is 1.10 bits per heavy atom. The van der Waals surface area contributed by atoms with Crippen LogP contribution in [0.5, 0.6) is 0 Å². The predicted molar refractivity (Wildman–Crippen MR) is 78.8 cm³/mol. The Labute approximate surface area is 121 Å². The first-order valence-corrected chi connectivity index (χ1v) is 8.70. The summed E-state index contributed by atoms with van der Waals surface area (Å²) in [4.78, 5) is 23.3. The van der Waals surface area contributed by atoms with Crippen LogP contribution in [-0.2, 0) is 19.4 Å². The van der Waals surface area contributed by atoms with Gasteiger partial charge in [-0.3, -0.25) is 9.59 Å². The van der Waals surface area contributed by atoms with Gasteiger partial charge in [0.2, 0.25) is 5.91 Å². The van der Waals surface area contributed by atoms with E-state index in [2.05, 4.69) is 0 Å². The maximum absolute atomic E-state index is 12.4. The van der Waals surface area contributed by atoms with E-state index in [1.165, 1.54) is 6.92 Å². The predicted octanol–water partition coefficient (Wildman–Crippen LogP) is 0.532. The Kier molecular flexibility index (Phi) is 7.37. The van der Waals surface area contributed by atoms with E-state index in [4.69, 9.17) is 11.5 Å². The van der Waals surface area contributed by atoms with Gasteiger partial charge < -0.3 is 11.5 Å². The second-order valence-corrected chi connectivity index (χ2v) is 7.40. The zero-order valence-corrected chi connectivity index (χ0v) is 13.3. The van der Waals surface area contributed by atoms with Gasteiger partial charge in [-0.15, -0.1) is 0 Å². The van der Waals surface area contributed by atoms with Gasteiger partial charge in [-0.2, -0.15) is 0 Å². The van der Waals surface area contributed by atoms with Gasteiger partial charge in [0.1, 0.15) is 0 Å². The van der Waals surface area contributed by atoms with E-state index in [1.54, 1.807) is 0 Å². The number of Topliss-reactive ketones (excluding diaryl/α,β-unsaturated/α-hetero) is 1. The standard InChI is InChI=1S/C13H26N2O4S/c1-4-7-10(8-5-2)20(18,19)9-13(15,12(14)17)11(16)6-3/h10H,4-9,15H2,1-3H3,(H2,14,17)/t13-/m0/s1. The molecule has 6 nitrogen and oxygen atoms in total. The molecule has 0 aromatic rings. The molecule has 0 heterocycles. The van der Waals surface area contributed by atoms with E-state index in [9.17, 15) is 18.0 Å². The van der Waals surface area contributed by atoms with Gasteiger partial charge in [-0.25, -0.2) is 8.42 Å². The van der Waals surface area contributed by atoms with Gasteiger partial charge in [-0.05, 0) is 12.8 Å². The fourth-order valence-electron chi connectivity index (χ4n) is 2.19. The molecule has 0 aliphatic rings. The van der Waals surface area contributed by atoms with Gasteiger partial charge in [0.25, 0.3) is 0 Å². The molecule has 1 amide bonds. The maximum atomic E-state index is 12.4. The SMILES string of the molecule is CCCC(CCC)S(=O)(=O)C[C@@](N)(C(N)=O)C(=O)CC. The molecule has 0 saturated heterocycles. The summed E-state index contributed by atoms with van der Waals surface area (Å²) in [6.45, 7) is 5.30. The van der Waals surface area contributed by atoms with Gasteiger partial charge in [0.05, 0.1) is 11.0 Å². The molecule has 20 heavy (non-hydrogen) atoms. The van der Waals surface area contributed by atoms with Crippen LogP contribution in [0, 0.1) is 0 Å². The normalized spacial score (nSPS) is 15.1. The highest BCUT2D eigenvalue weighted by molar-refractivity contribution is 7.92. The van der Waals surface area contributed by atoms with Crippen LogP contribution < -0.4 is 11.5 Å². The highest BCUT2D eigenvalue weighted by Crippen LogP contribution is 2.20. The summed E-state index contributed by atoms with van der Waals surface area (Å²) in [7, 11) is -3.65. The average molecular weight is 306 g/mol. The first kappa shape index (κ1) is 19.1. The lowest BCUT2D eigenvalue weighted by Gasteiger charge is -2.26. The van der Waals surface area contributed by atoms with Crippen molar-refractivity contribution in [3.8, 4) is 0 Å². The molecule has 4 N–H and O–H groups in total. The summed E-state index contributed by atoms with van der Waals surface area (Å²) in [6, 6.07) is 0. The summed E-state index contributed by atoms with van der Waals surface area (Å²) in [5, 5.41) is -0.579. The first-order chi connectivity index (χ1) is 9.15. The molecular formula is C13H26N2O4S. The summed E-state index contributed by atoms with van der Waals surface area (Å²) in [6.07, 6.45) is 2.37. The Bertz CT molecular complexity index is 441. The number of hydrogen-bond acceptors (Lipinski definition) is 5. The van der Waals surface area contributed by atoms with Crippen molar-refractivity contribution in [1.29, 1.82) is 0 Å². The molecule has 7 heteroatoms. The van der Waals surface area contributed by atoms with Crippen molar-refractivity contribution in [2.24, 2.45) is 11.5 Å². The van der Waals surface area contributed by atoms with Gasteiger partial charge in [0.15, 0.2) is 21.2 Å². The second-order valence-electron chi connectivity index (χ2n) is 5.12. The van der Waals surface area contributed by atoms with Crippen molar-refractivity contribution in [2.45, 2.75) is 63.7 Å². The molecule has 0 bridgehead atoms. The zero-order valence-electron chi connectivity index (χ0n) is 12.5. The number of primary amides is 1. The van der Waals surface area contributed by atoms with Gasteiger partial charge >= 0.3 is 0 Å². The minimum absolute atomic E-state index is 0.0266. The molecule has 0 radical (unpaired) electrons. The van der Waals surface area contributed by atoms with E-state index in [1.807, 2.05) is 13.8 Å². The number of sulfone groups is 1. The quantitative estimate of drug-likeness (QED) is 0.570. The third-order valence-electron chi connectivity index (χ3n) is 3.42. The third-order valence-corrected chi connectivity index (χ3v) is 5.76. The summed E-state index contributed by atoms with van der Waals surface area (Å²) in [5.41, 5.74) is 8.74. The lowest BCUT2D eigenvalue weighted by molar-refractivity contribution is -0.132. The third kappa shape index (κ3) is 4.56. The number of rotatable bonds is 10. The van der Waals surface area contributed by atoms with Crippen molar-refractivity contribution in [2.75, 3.05) is 5.75 Å². The second kappa shape index (κ2) is 7.73. The number of nitrogens with two attached hydrogens (primary N) is 2. The Morgan fingerprint density at radius 3 is 1.85 bits per heavy atom. The van der Waals surface area contributed by atoms with Crippen molar-refractivity contribution in [3.05, 3.63) is 0 Å². The molecule has 0 rings (SSSR count). The Balaban J connectivity index is 5.39. The van der Waals surface area contributed by atoms with E-state index in [0.717, 1.165) is 0 Å². The highest BCUT2D eigenvalue weighted by atomic mass is 32.2. The van der Waals surface area contributed by atoms with Crippen LogP contribution >= 0.6 is 0 Å². The van der Waals surface area contributed by atoms with Crippen LogP contribution in [0.3, 0.4) is 0 Å². The van der Waals surface area contributed by atoms with Crippen molar-refractivity contribution < 1.29 is 18.0 Å². The van der Waals surface area contributed by atoms with Crippen LogP contribution in [0.1, 0.15) is 52.9 Å². The van der Waals surface area contributed by atoms with Gasteiger partial charge in [-0.1, -0.05) is 33.6 Å². The minimum Gasteiger partial charge on any atom is -0.368 e. The Hall–Kier alpha value is -0.950. The Morgan fingerprint density at radius 2 is 1.55 bits per heavy atom. The van der Waals surface area contributed by atoms with Crippen LogP contribution in [-0.4, -0.2) is 36.6 Å². The zero-order chi connectivity index (χ0) is 16.0. The summed E-state index contributed by atoms with van der Waals surface area (Å²) in [5.74, 6) is -2.42. The number of amides is 1. The lowest BCUT2D eigenvalue weighted by Crippen LogP contribution is -2.62. The number of ketones is 1. The minimum atomic E-state index is -3.65. The molecule has 0 saturated carbocycles. The molecule has 0 aromatic carbocycles. The van der Waals surface area contributed by atoms with E-state index < -0.39 is 38.1 Å². The molecule has 0 aliphatic heterocycles. The fraction of sp³-hybridized carbons (Fsp3) is 0.846. The fourth-order valence-corrected chi connectivity index (χ4v) is 4.55. The lowest BCUT2D eigenvalue weighted by atomic mass is 9.95. The molecule has 1 atom stereocenters. The number of carbonyl (C=O) groups excluding carboxylic acids is 2. The van der Waals surface area contributed by atoms with Crippen molar-refractivity contribution in [3.63, 3.8) is 0 Å². The summed E-state index contributed by atoms with van der Waals surface area (Å²) >= 11 is 0. The molecule has 0 unspecified atom stereocenters. The smallest absolute Gasteiger partial charge is 0.246 e. The number of hydrogen-bond donors (Lipinski definition) is 2. The summed E-state index contributed by atoms with van der Waals surface area (Å²) < 4.78 is 24.8. The highest BCUT2D eigenvalue weighted by Gasteiger charge is 2.44. The molecule has 118 valence electrons. The molecule has 0 aliphatic carbocycles. The largest absolute Gasteiger partial charge is 0.368 e. The van der Waals surface area contributed by atoms with Crippen LogP contribution in [0.4, 0.5) is 0 Å². The molecule has 0 spiro atoms. The average Bonchev–Trinajstić information content (AvgIpc) is 2.36. The molecule has 0 fully saturated rings. The van der Waals surface area contributed by atoms with Crippen molar-refractivity contribution >= 4 is 21.5 Å². The van der Waals surface area contributed by atoms with Gasteiger partial charge in [0, 0.05) is 6.42 Å². The molecule has 0 aromatic heterocycles. The monoisotopic (exact) mass is 306 g/mol. The van der Waals surface area contributed by atoms with Crippen LogP contribution in [0.25, 0.3) is 0 Å². The number of carbonyl (C=O) groups is 2.